The molecule has 0 bridgehead atoms. The number of nitrogens with zero attached hydrogens (tertiary/aromatic N) is 1. The molecule has 6 rings (SSSR count). The fourth-order valence-electron chi connectivity index (χ4n) is 5.28. The molecule has 1 aliphatic heterocycles. The minimum Gasteiger partial charge on any atom is -0.467 e. The molecule has 2 heterocycles. The Hall–Kier alpha value is -4.23. The topological polar surface area (TPSA) is 69.0 Å². The Bertz CT molecular complexity index is 1710. The number of cyclic esters (lactones) is 1. The summed E-state index contributed by atoms with van der Waals surface area (Å²) in [6, 6.07) is 30.7. The van der Waals surface area contributed by atoms with Gasteiger partial charge in [-0.25, -0.2) is 9.59 Å². The minimum absolute atomic E-state index is 0.423. The van der Waals surface area contributed by atoms with Crippen molar-refractivity contribution in [3.05, 3.63) is 96.6 Å². The lowest BCUT2D eigenvalue weighted by molar-refractivity contribution is -0.189. The Kier molecular flexibility index (Phi) is 6.76. The second-order valence-electron chi connectivity index (χ2n) is 10.3. The van der Waals surface area contributed by atoms with Gasteiger partial charge in [0.2, 0.25) is 0 Å². The normalized spacial score (nSPS) is 15.1. The molecule has 6 nitrogen and oxygen atoms in total. The molecule has 1 unspecified atom stereocenters. The predicted octanol–water partition coefficient (Wildman–Crippen LogP) is 7.88. The van der Waals surface area contributed by atoms with Gasteiger partial charge in [-0.05, 0) is 42.2 Å². The standard InChI is InChI=1S/C33H29NO5S/c1-33(2)34(32(36)39-33)28(31(35)37-3)20-40-19-21-11-13-22(14-12-21)23-15-17-24(18-16-23)25-8-6-9-27-26-7-4-5-10-29(26)38-30(25)27/h4-18,28H,19-20H2,1-3H3. The van der Waals surface area contributed by atoms with Crippen molar-refractivity contribution < 1.29 is 23.5 Å². The maximum Gasteiger partial charge on any atom is 0.415 e. The van der Waals surface area contributed by atoms with Crippen molar-refractivity contribution in [3.63, 3.8) is 0 Å². The summed E-state index contributed by atoms with van der Waals surface area (Å²) in [5.41, 5.74) is 6.56. The van der Waals surface area contributed by atoms with Crippen LogP contribution in [0.25, 0.3) is 44.2 Å². The third kappa shape index (κ3) is 4.71. The van der Waals surface area contributed by atoms with Gasteiger partial charge in [0.1, 0.15) is 17.2 Å². The number of carbonyl (C=O) groups excluding carboxylic acids is 2. The van der Waals surface area contributed by atoms with Gasteiger partial charge < -0.3 is 13.9 Å². The van der Waals surface area contributed by atoms with Crippen molar-refractivity contribution in [2.75, 3.05) is 12.9 Å². The molecule has 0 spiro atoms. The molecule has 0 radical (unpaired) electrons. The quantitative estimate of drug-likeness (QED) is 0.183. The van der Waals surface area contributed by atoms with E-state index in [1.54, 1.807) is 25.6 Å². The zero-order valence-electron chi connectivity index (χ0n) is 22.5. The van der Waals surface area contributed by atoms with Crippen LogP contribution in [0.4, 0.5) is 4.79 Å². The van der Waals surface area contributed by atoms with Crippen molar-refractivity contribution in [2.24, 2.45) is 0 Å². The van der Waals surface area contributed by atoms with E-state index in [0.29, 0.717) is 11.5 Å². The van der Waals surface area contributed by atoms with Crippen LogP contribution in [-0.2, 0) is 20.0 Å². The van der Waals surface area contributed by atoms with E-state index >= 15 is 0 Å². The van der Waals surface area contributed by atoms with Gasteiger partial charge in [0.05, 0.1) is 7.11 Å². The maximum atomic E-state index is 12.4. The molecule has 4 aromatic carbocycles. The molecular formula is C33H29NO5S. The zero-order valence-corrected chi connectivity index (χ0v) is 23.4. The summed E-state index contributed by atoms with van der Waals surface area (Å²) in [7, 11) is 1.34. The molecule has 1 aliphatic rings. The molecule has 0 aliphatic carbocycles. The van der Waals surface area contributed by atoms with Gasteiger partial charge in [0.25, 0.3) is 0 Å². The molecule has 1 amide bonds. The molecule has 202 valence electrons. The summed E-state index contributed by atoms with van der Waals surface area (Å²) in [6.45, 7) is 3.53. The first-order chi connectivity index (χ1) is 19.4. The lowest BCUT2D eigenvalue weighted by Crippen LogP contribution is -2.68. The van der Waals surface area contributed by atoms with Crippen LogP contribution in [0.15, 0.2) is 95.4 Å². The first-order valence-corrected chi connectivity index (χ1v) is 14.3. The summed E-state index contributed by atoms with van der Waals surface area (Å²) < 4.78 is 16.3. The highest BCUT2D eigenvalue weighted by molar-refractivity contribution is 7.98. The minimum atomic E-state index is -0.813. The average molecular weight is 552 g/mol. The number of benzene rings is 4. The van der Waals surface area contributed by atoms with Gasteiger partial charge in [0, 0.05) is 27.8 Å². The molecule has 1 atom stereocenters. The van der Waals surface area contributed by atoms with Gasteiger partial charge in [-0.3, -0.25) is 4.90 Å². The molecule has 0 N–H and O–H groups in total. The third-order valence-electron chi connectivity index (χ3n) is 7.33. The van der Waals surface area contributed by atoms with Gasteiger partial charge >= 0.3 is 12.1 Å². The summed E-state index contributed by atoms with van der Waals surface area (Å²) >= 11 is 1.58. The Morgan fingerprint density at radius 3 is 2.20 bits per heavy atom. The van der Waals surface area contributed by atoms with E-state index in [2.05, 4.69) is 72.8 Å². The smallest absolute Gasteiger partial charge is 0.415 e. The lowest BCUT2D eigenvalue weighted by atomic mass is 9.98. The fraction of sp³-hybridized carbons (Fsp3) is 0.212. The number of furan rings is 1. The van der Waals surface area contributed by atoms with Crippen molar-refractivity contribution in [1.29, 1.82) is 0 Å². The average Bonchev–Trinajstić information content (AvgIpc) is 3.35. The second kappa shape index (κ2) is 10.4. The highest BCUT2D eigenvalue weighted by Gasteiger charge is 2.52. The molecular weight excluding hydrogens is 522 g/mol. The first kappa shape index (κ1) is 26.0. The van der Waals surface area contributed by atoms with Crippen molar-refractivity contribution in [1.82, 2.24) is 4.90 Å². The van der Waals surface area contributed by atoms with E-state index < -0.39 is 23.8 Å². The largest absolute Gasteiger partial charge is 0.467 e. The van der Waals surface area contributed by atoms with Crippen LogP contribution in [0.3, 0.4) is 0 Å². The summed E-state index contributed by atoms with van der Waals surface area (Å²) in [5, 5.41) is 2.25. The number of rotatable bonds is 8. The molecule has 1 fully saturated rings. The van der Waals surface area contributed by atoms with E-state index in [4.69, 9.17) is 13.9 Å². The Morgan fingerprint density at radius 2 is 1.52 bits per heavy atom. The Labute approximate surface area is 236 Å². The molecule has 5 aromatic rings. The lowest BCUT2D eigenvalue weighted by Gasteiger charge is -2.49. The monoisotopic (exact) mass is 551 g/mol. The maximum absolute atomic E-state index is 12.4. The Morgan fingerprint density at radius 1 is 0.875 bits per heavy atom. The van der Waals surface area contributed by atoms with E-state index in [9.17, 15) is 9.59 Å². The summed E-state index contributed by atoms with van der Waals surface area (Å²) in [4.78, 5) is 25.8. The predicted molar refractivity (Wildman–Crippen MR) is 159 cm³/mol. The highest BCUT2D eigenvalue weighted by atomic mass is 32.2. The van der Waals surface area contributed by atoms with Crippen LogP contribution in [0.1, 0.15) is 19.4 Å². The Balaban J connectivity index is 1.14. The van der Waals surface area contributed by atoms with Crippen LogP contribution >= 0.6 is 11.8 Å². The molecule has 1 saturated heterocycles. The summed E-state index contributed by atoms with van der Waals surface area (Å²) in [6.07, 6.45) is -0.495. The SMILES string of the molecule is COC(=O)C(CSCc1ccc(-c2ccc(-c3cccc4c3oc3ccccc34)cc2)cc1)N1C(=O)OC1(C)C. The van der Waals surface area contributed by atoms with E-state index in [1.165, 1.54) is 12.0 Å². The van der Waals surface area contributed by atoms with Crippen LogP contribution in [0.2, 0.25) is 0 Å². The van der Waals surface area contributed by atoms with E-state index in [0.717, 1.165) is 49.8 Å². The van der Waals surface area contributed by atoms with Crippen molar-refractivity contribution in [2.45, 2.75) is 31.4 Å². The zero-order chi connectivity index (χ0) is 27.9. The number of methoxy groups -OCH3 is 1. The van der Waals surface area contributed by atoms with Gasteiger partial charge in [-0.1, -0.05) is 84.9 Å². The van der Waals surface area contributed by atoms with Gasteiger partial charge in [0.15, 0.2) is 5.72 Å². The number of hydrogen-bond acceptors (Lipinski definition) is 6. The number of carbonyl (C=O) groups is 2. The molecule has 7 heteroatoms. The second-order valence-corrected chi connectivity index (χ2v) is 11.3. The molecule has 1 aromatic heterocycles. The number of thioether (sulfide) groups is 1. The van der Waals surface area contributed by atoms with Gasteiger partial charge in [-0.2, -0.15) is 11.8 Å². The highest BCUT2D eigenvalue weighted by Crippen LogP contribution is 2.37. The van der Waals surface area contributed by atoms with E-state index in [-0.39, 0.29) is 0 Å². The number of ether oxygens (including phenoxy) is 2. The van der Waals surface area contributed by atoms with Crippen molar-refractivity contribution >= 4 is 45.8 Å². The number of esters is 1. The van der Waals surface area contributed by atoms with Crippen LogP contribution in [0.5, 0.6) is 0 Å². The number of hydrogen-bond donors (Lipinski definition) is 0. The molecule has 0 saturated carbocycles. The van der Waals surface area contributed by atoms with E-state index in [1.807, 2.05) is 18.2 Å². The van der Waals surface area contributed by atoms with Crippen LogP contribution in [0, 0.1) is 0 Å². The third-order valence-corrected chi connectivity index (χ3v) is 8.42. The number of fused-ring (bicyclic) bond motifs is 3. The number of amides is 1. The van der Waals surface area contributed by atoms with Gasteiger partial charge in [-0.15, -0.1) is 0 Å². The summed E-state index contributed by atoms with van der Waals surface area (Å²) in [5.74, 6) is 0.691. The van der Waals surface area contributed by atoms with Crippen molar-refractivity contribution in [3.8, 4) is 22.3 Å². The number of para-hydroxylation sites is 2. The van der Waals surface area contributed by atoms with Crippen LogP contribution in [-0.4, -0.2) is 41.6 Å². The fourth-order valence-corrected chi connectivity index (χ4v) is 6.33. The molecule has 40 heavy (non-hydrogen) atoms. The van der Waals surface area contributed by atoms with Crippen LogP contribution < -0.4 is 0 Å². The first-order valence-electron chi connectivity index (χ1n) is 13.1.